The molecule has 7 heteroatoms. The first-order valence-electron chi connectivity index (χ1n) is 10.3. The Balaban J connectivity index is 1.19. The molecular formula is C22H28N6O. The minimum atomic E-state index is 0.235. The fourth-order valence-electron chi connectivity index (χ4n) is 3.78. The van der Waals surface area contributed by atoms with Crippen LogP contribution in [0, 0.1) is 0 Å². The first-order chi connectivity index (χ1) is 14.3. The number of fused-ring (bicyclic) bond motifs is 2. The maximum Gasteiger partial charge on any atom is 0.191 e. The molecule has 0 amide bonds. The van der Waals surface area contributed by atoms with E-state index in [9.17, 15) is 0 Å². The maximum atomic E-state index is 6.17. The van der Waals surface area contributed by atoms with Gasteiger partial charge in [-0.2, -0.15) is 0 Å². The molecule has 2 aromatic heterocycles. The molecule has 0 aliphatic heterocycles. The molecule has 0 bridgehead atoms. The highest BCUT2D eigenvalue weighted by atomic mass is 16.5. The van der Waals surface area contributed by atoms with Gasteiger partial charge in [-0.05, 0) is 48.9 Å². The molecule has 29 heavy (non-hydrogen) atoms. The number of hydrogen-bond donors (Lipinski definition) is 2. The molecule has 1 aromatic carbocycles. The van der Waals surface area contributed by atoms with Crippen LogP contribution in [-0.2, 0) is 17.7 Å². The summed E-state index contributed by atoms with van der Waals surface area (Å²) in [7, 11) is 1.77. The van der Waals surface area contributed by atoms with E-state index in [4.69, 9.17) is 4.74 Å². The van der Waals surface area contributed by atoms with Gasteiger partial charge in [0.15, 0.2) is 17.4 Å². The third-order valence-electron chi connectivity index (χ3n) is 5.27. The van der Waals surface area contributed by atoms with Crippen LogP contribution in [0.15, 0.2) is 53.7 Å². The van der Waals surface area contributed by atoms with E-state index in [0.29, 0.717) is 6.54 Å². The number of ether oxygens (including phenoxy) is 1. The highest BCUT2D eigenvalue weighted by Crippen LogP contribution is 2.32. The number of aliphatic imine (C=N–C) groups is 1. The zero-order chi connectivity index (χ0) is 19.9. The second kappa shape index (κ2) is 9.52. The molecule has 1 unspecified atom stereocenters. The quantitative estimate of drug-likeness (QED) is 0.367. The summed E-state index contributed by atoms with van der Waals surface area (Å²) in [6.45, 7) is 2.09. The SMILES string of the molecule is CN=C(NCCCOC1CCCc2ccccc21)NCc1nnc2ccccn12. The van der Waals surface area contributed by atoms with Crippen molar-refractivity contribution in [3.8, 4) is 0 Å². The minimum absolute atomic E-state index is 0.235. The van der Waals surface area contributed by atoms with E-state index < -0.39 is 0 Å². The van der Waals surface area contributed by atoms with E-state index in [2.05, 4.69) is 50.1 Å². The third-order valence-corrected chi connectivity index (χ3v) is 5.27. The number of hydrogen-bond acceptors (Lipinski definition) is 4. The molecule has 4 rings (SSSR count). The topological polar surface area (TPSA) is 75.8 Å². The van der Waals surface area contributed by atoms with Crippen LogP contribution in [0.4, 0.5) is 0 Å². The van der Waals surface area contributed by atoms with Crippen molar-refractivity contribution in [1.29, 1.82) is 0 Å². The predicted molar refractivity (Wildman–Crippen MR) is 114 cm³/mol. The molecule has 1 atom stereocenters. The molecule has 1 aliphatic rings. The van der Waals surface area contributed by atoms with Crippen LogP contribution in [0.3, 0.4) is 0 Å². The van der Waals surface area contributed by atoms with Crippen molar-refractivity contribution >= 4 is 11.6 Å². The van der Waals surface area contributed by atoms with E-state index in [1.807, 2.05) is 28.8 Å². The van der Waals surface area contributed by atoms with Gasteiger partial charge in [0.2, 0.25) is 0 Å². The van der Waals surface area contributed by atoms with Gasteiger partial charge in [0.05, 0.1) is 12.6 Å². The lowest BCUT2D eigenvalue weighted by molar-refractivity contribution is 0.0398. The van der Waals surface area contributed by atoms with E-state index in [1.54, 1.807) is 7.05 Å². The molecule has 0 fully saturated rings. The minimum Gasteiger partial charge on any atom is -0.373 e. The smallest absolute Gasteiger partial charge is 0.191 e. The Morgan fingerprint density at radius 3 is 3.00 bits per heavy atom. The van der Waals surface area contributed by atoms with E-state index in [1.165, 1.54) is 24.0 Å². The van der Waals surface area contributed by atoms with Crippen LogP contribution in [0.25, 0.3) is 5.65 Å². The third kappa shape index (κ3) is 4.74. The fraction of sp³-hybridized carbons (Fsp3) is 0.409. The van der Waals surface area contributed by atoms with Gasteiger partial charge in [-0.3, -0.25) is 9.39 Å². The van der Waals surface area contributed by atoms with Crippen LogP contribution in [0.5, 0.6) is 0 Å². The zero-order valence-corrected chi connectivity index (χ0v) is 16.8. The summed E-state index contributed by atoms with van der Waals surface area (Å²) in [4.78, 5) is 4.28. The van der Waals surface area contributed by atoms with Crippen molar-refractivity contribution in [2.45, 2.75) is 38.3 Å². The number of nitrogens with one attached hydrogen (secondary N) is 2. The molecule has 2 N–H and O–H groups in total. The molecule has 0 saturated carbocycles. The summed E-state index contributed by atoms with van der Waals surface area (Å²) in [5, 5.41) is 15.0. The fourth-order valence-corrected chi connectivity index (χ4v) is 3.78. The summed E-state index contributed by atoms with van der Waals surface area (Å²) < 4.78 is 8.14. The van der Waals surface area contributed by atoms with Crippen LogP contribution in [-0.4, -0.2) is 40.8 Å². The molecule has 2 heterocycles. The first kappa shape index (κ1) is 19.4. The average Bonchev–Trinajstić information content (AvgIpc) is 3.19. The van der Waals surface area contributed by atoms with E-state index >= 15 is 0 Å². The Morgan fingerprint density at radius 1 is 1.17 bits per heavy atom. The van der Waals surface area contributed by atoms with Crippen molar-refractivity contribution in [3.63, 3.8) is 0 Å². The summed E-state index contributed by atoms with van der Waals surface area (Å²) in [5.74, 6) is 1.60. The summed E-state index contributed by atoms with van der Waals surface area (Å²) in [5.41, 5.74) is 3.64. The maximum absolute atomic E-state index is 6.17. The second-order valence-corrected chi connectivity index (χ2v) is 7.20. The van der Waals surface area contributed by atoms with E-state index in [0.717, 1.165) is 43.4 Å². The second-order valence-electron chi connectivity index (χ2n) is 7.20. The predicted octanol–water partition coefficient (Wildman–Crippen LogP) is 2.88. The number of aromatic nitrogens is 3. The molecule has 0 spiro atoms. The Morgan fingerprint density at radius 2 is 2.07 bits per heavy atom. The Hall–Kier alpha value is -2.93. The number of guanidine groups is 1. The van der Waals surface area contributed by atoms with Gasteiger partial charge < -0.3 is 15.4 Å². The van der Waals surface area contributed by atoms with Crippen molar-refractivity contribution < 1.29 is 4.74 Å². The van der Waals surface area contributed by atoms with Crippen LogP contribution >= 0.6 is 0 Å². The van der Waals surface area contributed by atoms with Gasteiger partial charge in [-0.25, -0.2) is 0 Å². The van der Waals surface area contributed by atoms with Gasteiger partial charge in [-0.1, -0.05) is 30.3 Å². The van der Waals surface area contributed by atoms with Crippen LogP contribution in [0.2, 0.25) is 0 Å². The molecular weight excluding hydrogens is 364 g/mol. The van der Waals surface area contributed by atoms with Gasteiger partial charge in [0.25, 0.3) is 0 Å². The number of pyridine rings is 1. The molecule has 1 aliphatic carbocycles. The molecule has 152 valence electrons. The van der Waals surface area contributed by atoms with Crippen LogP contribution in [0.1, 0.15) is 42.3 Å². The lowest BCUT2D eigenvalue weighted by Crippen LogP contribution is -2.38. The van der Waals surface area contributed by atoms with Crippen LogP contribution < -0.4 is 10.6 Å². The molecule has 3 aromatic rings. The first-order valence-corrected chi connectivity index (χ1v) is 10.3. The number of nitrogens with zero attached hydrogens (tertiary/aromatic N) is 4. The Kier molecular flexibility index (Phi) is 6.36. The highest BCUT2D eigenvalue weighted by molar-refractivity contribution is 5.79. The summed E-state index contributed by atoms with van der Waals surface area (Å²) in [6, 6.07) is 14.5. The number of aryl methyl sites for hydroxylation is 1. The van der Waals surface area contributed by atoms with Crippen molar-refractivity contribution in [2.24, 2.45) is 4.99 Å². The van der Waals surface area contributed by atoms with Gasteiger partial charge in [-0.15, -0.1) is 10.2 Å². The normalized spacial score (nSPS) is 16.6. The van der Waals surface area contributed by atoms with Crippen molar-refractivity contribution in [1.82, 2.24) is 25.2 Å². The number of rotatable bonds is 7. The van der Waals surface area contributed by atoms with Gasteiger partial charge in [0.1, 0.15) is 0 Å². The van der Waals surface area contributed by atoms with Crippen molar-refractivity contribution in [2.75, 3.05) is 20.2 Å². The van der Waals surface area contributed by atoms with Crippen molar-refractivity contribution in [3.05, 3.63) is 65.6 Å². The highest BCUT2D eigenvalue weighted by Gasteiger charge is 2.19. The largest absolute Gasteiger partial charge is 0.373 e. The molecule has 0 radical (unpaired) electrons. The van der Waals surface area contributed by atoms with E-state index in [-0.39, 0.29) is 6.10 Å². The standard InChI is InChI=1S/C22H28N6O/c1-23-22(25-16-21-27-26-20-12-4-5-14-28(20)21)24-13-7-15-29-19-11-6-9-17-8-2-3-10-18(17)19/h2-5,8,10,12,14,19H,6-7,9,11,13,15-16H2,1H3,(H2,23,24,25). The lowest BCUT2D eigenvalue weighted by atomic mass is 9.89. The monoisotopic (exact) mass is 392 g/mol. The summed E-state index contributed by atoms with van der Waals surface area (Å²) >= 11 is 0. The molecule has 0 saturated heterocycles. The Bertz CT molecular complexity index is 967. The average molecular weight is 393 g/mol. The van der Waals surface area contributed by atoms with Gasteiger partial charge in [0, 0.05) is 26.4 Å². The van der Waals surface area contributed by atoms with Gasteiger partial charge >= 0.3 is 0 Å². The Labute approximate surface area is 171 Å². The lowest BCUT2D eigenvalue weighted by Gasteiger charge is -2.25. The summed E-state index contributed by atoms with van der Waals surface area (Å²) in [6.07, 6.45) is 6.60. The molecule has 7 nitrogen and oxygen atoms in total. The zero-order valence-electron chi connectivity index (χ0n) is 16.8. The number of benzene rings is 1.